The Morgan fingerprint density at radius 1 is 1.53 bits per heavy atom. The second kappa shape index (κ2) is 4.92. The number of hydrogen-bond donors (Lipinski definition) is 2. The molecule has 2 atom stereocenters. The molecule has 1 heterocycles. The van der Waals surface area contributed by atoms with Crippen molar-refractivity contribution in [1.29, 1.82) is 0 Å². The van der Waals surface area contributed by atoms with Gasteiger partial charge in [-0.3, -0.25) is 10.1 Å². The van der Waals surface area contributed by atoms with E-state index in [1.54, 1.807) is 0 Å². The van der Waals surface area contributed by atoms with E-state index in [9.17, 15) is 9.90 Å². The standard InChI is InChI=1S/C10H19NO4/c1-10(2,3)15-9(13)4-11-7-5-14-6-8(7)12/h7-8,11-12H,4-6H2,1-3H3/t7-,8-/m1/s1. The van der Waals surface area contributed by atoms with Gasteiger partial charge < -0.3 is 14.6 Å². The Bertz CT molecular complexity index is 224. The highest BCUT2D eigenvalue weighted by atomic mass is 16.6. The molecule has 0 radical (unpaired) electrons. The van der Waals surface area contributed by atoms with Gasteiger partial charge in [0, 0.05) is 0 Å². The number of rotatable bonds is 3. The number of aliphatic hydroxyl groups excluding tert-OH is 1. The summed E-state index contributed by atoms with van der Waals surface area (Å²) in [6.07, 6.45) is -0.535. The number of hydrogen-bond acceptors (Lipinski definition) is 5. The van der Waals surface area contributed by atoms with Gasteiger partial charge in [0.1, 0.15) is 5.60 Å². The van der Waals surface area contributed by atoms with Crippen LogP contribution in [0.1, 0.15) is 20.8 Å². The lowest BCUT2D eigenvalue weighted by Crippen LogP contribution is -2.43. The first-order chi connectivity index (χ1) is 6.88. The van der Waals surface area contributed by atoms with Crippen molar-refractivity contribution in [1.82, 2.24) is 5.32 Å². The van der Waals surface area contributed by atoms with Crippen molar-refractivity contribution >= 4 is 5.97 Å². The minimum absolute atomic E-state index is 0.0996. The van der Waals surface area contributed by atoms with E-state index in [-0.39, 0.29) is 18.6 Å². The zero-order valence-electron chi connectivity index (χ0n) is 9.45. The topological polar surface area (TPSA) is 67.8 Å². The summed E-state index contributed by atoms with van der Waals surface area (Å²) in [5.74, 6) is -0.318. The lowest BCUT2D eigenvalue weighted by molar-refractivity contribution is -0.153. The normalized spacial score (nSPS) is 26.7. The second-order valence-corrected chi connectivity index (χ2v) is 4.68. The summed E-state index contributed by atoms with van der Waals surface area (Å²) < 4.78 is 10.1. The second-order valence-electron chi connectivity index (χ2n) is 4.68. The molecule has 88 valence electrons. The molecule has 0 aromatic carbocycles. The third-order valence-corrected chi connectivity index (χ3v) is 1.98. The van der Waals surface area contributed by atoms with Crippen LogP contribution in [0.4, 0.5) is 0 Å². The molecule has 2 N–H and O–H groups in total. The summed E-state index contributed by atoms with van der Waals surface area (Å²) in [7, 11) is 0. The minimum atomic E-state index is -0.535. The Hall–Kier alpha value is -0.650. The molecule has 0 aromatic rings. The van der Waals surface area contributed by atoms with Gasteiger partial charge in [0.05, 0.1) is 31.9 Å². The molecular formula is C10H19NO4. The molecule has 0 amide bonds. The van der Waals surface area contributed by atoms with Crippen LogP contribution in [0.5, 0.6) is 0 Å². The third-order valence-electron chi connectivity index (χ3n) is 1.98. The van der Waals surface area contributed by atoms with Crippen molar-refractivity contribution in [2.45, 2.75) is 38.5 Å². The SMILES string of the molecule is CC(C)(C)OC(=O)CN[C@@H]1COC[C@H]1O. The molecule has 0 unspecified atom stereocenters. The van der Waals surface area contributed by atoms with Crippen molar-refractivity contribution in [2.24, 2.45) is 0 Å². The van der Waals surface area contributed by atoms with Gasteiger partial charge in [-0.2, -0.15) is 0 Å². The van der Waals surface area contributed by atoms with Crippen LogP contribution in [0.15, 0.2) is 0 Å². The maximum Gasteiger partial charge on any atom is 0.320 e. The zero-order chi connectivity index (χ0) is 11.5. The predicted molar refractivity (Wildman–Crippen MR) is 54.5 cm³/mol. The molecule has 15 heavy (non-hydrogen) atoms. The first-order valence-corrected chi connectivity index (χ1v) is 5.09. The van der Waals surface area contributed by atoms with Gasteiger partial charge >= 0.3 is 5.97 Å². The van der Waals surface area contributed by atoms with Crippen LogP contribution in [0.25, 0.3) is 0 Å². The molecular weight excluding hydrogens is 198 g/mol. The van der Waals surface area contributed by atoms with E-state index in [0.29, 0.717) is 13.2 Å². The molecule has 0 saturated carbocycles. The van der Waals surface area contributed by atoms with Crippen molar-refractivity contribution in [3.8, 4) is 0 Å². The van der Waals surface area contributed by atoms with E-state index in [1.165, 1.54) is 0 Å². The number of ether oxygens (including phenoxy) is 2. The zero-order valence-corrected chi connectivity index (χ0v) is 9.45. The van der Waals surface area contributed by atoms with Crippen LogP contribution in [-0.4, -0.2) is 48.6 Å². The fourth-order valence-electron chi connectivity index (χ4n) is 1.33. The van der Waals surface area contributed by atoms with Gasteiger partial charge in [-0.15, -0.1) is 0 Å². The Morgan fingerprint density at radius 3 is 2.67 bits per heavy atom. The van der Waals surface area contributed by atoms with Crippen molar-refractivity contribution in [3.63, 3.8) is 0 Å². The highest BCUT2D eigenvalue weighted by Gasteiger charge is 2.26. The van der Waals surface area contributed by atoms with E-state index in [4.69, 9.17) is 9.47 Å². The molecule has 5 nitrogen and oxygen atoms in total. The summed E-state index contributed by atoms with van der Waals surface area (Å²) in [5.41, 5.74) is -0.469. The van der Waals surface area contributed by atoms with Crippen molar-refractivity contribution in [2.75, 3.05) is 19.8 Å². The van der Waals surface area contributed by atoms with Crippen molar-refractivity contribution < 1.29 is 19.4 Å². The van der Waals surface area contributed by atoms with Gasteiger partial charge in [0.25, 0.3) is 0 Å². The number of carbonyl (C=O) groups is 1. The van der Waals surface area contributed by atoms with E-state index >= 15 is 0 Å². The molecule has 1 rings (SSSR count). The van der Waals surface area contributed by atoms with Gasteiger partial charge in [-0.1, -0.05) is 0 Å². The highest BCUT2D eigenvalue weighted by Crippen LogP contribution is 2.07. The van der Waals surface area contributed by atoms with Gasteiger partial charge in [0.15, 0.2) is 0 Å². The fourth-order valence-corrected chi connectivity index (χ4v) is 1.33. The van der Waals surface area contributed by atoms with Crippen LogP contribution in [0, 0.1) is 0 Å². The Balaban J connectivity index is 2.22. The number of nitrogens with one attached hydrogen (secondary N) is 1. The van der Waals surface area contributed by atoms with Crippen molar-refractivity contribution in [3.05, 3.63) is 0 Å². The van der Waals surface area contributed by atoms with Gasteiger partial charge in [-0.25, -0.2) is 0 Å². The summed E-state index contributed by atoms with van der Waals surface area (Å²) in [5, 5.41) is 12.3. The van der Waals surface area contributed by atoms with Gasteiger partial charge in [0.2, 0.25) is 0 Å². The number of aliphatic hydroxyl groups is 1. The summed E-state index contributed by atoms with van der Waals surface area (Å²) in [6.45, 7) is 6.31. The molecule has 0 aliphatic carbocycles. The Morgan fingerprint density at radius 2 is 2.20 bits per heavy atom. The van der Waals surface area contributed by atoms with Crippen LogP contribution in [0.3, 0.4) is 0 Å². The quantitative estimate of drug-likeness (QED) is 0.634. The van der Waals surface area contributed by atoms with Crippen LogP contribution >= 0.6 is 0 Å². The summed E-state index contributed by atoms with van der Waals surface area (Å²) in [4.78, 5) is 11.3. The summed E-state index contributed by atoms with van der Waals surface area (Å²) in [6, 6.07) is -0.169. The maximum absolute atomic E-state index is 11.3. The molecule has 0 aromatic heterocycles. The monoisotopic (exact) mass is 217 g/mol. The lowest BCUT2D eigenvalue weighted by Gasteiger charge is -2.21. The van der Waals surface area contributed by atoms with E-state index < -0.39 is 11.7 Å². The Kier molecular flexibility index (Phi) is 4.07. The average molecular weight is 217 g/mol. The third kappa shape index (κ3) is 4.59. The van der Waals surface area contributed by atoms with Crippen LogP contribution in [-0.2, 0) is 14.3 Å². The first-order valence-electron chi connectivity index (χ1n) is 5.09. The lowest BCUT2D eigenvalue weighted by atomic mass is 10.2. The Labute approximate surface area is 89.8 Å². The highest BCUT2D eigenvalue weighted by molar-refractivity contribution is 5.72. The molecule has 1 fully saturated rings. The molecule has 5 heteroatoms. The number of esters is 1. The van der Waals surface area contributed by atoms with E-state index in [1.807, 2.05) is 20.8 Å². The molecule has 0 spiro atoms. The minimum Gasteiger partial charge on any atom is -0.459 e. The van der Waals surface area contributed by atoms with Crippen LogP contribution < -0.4 is 5.32 Å². The largest absolute Gasteiger partial charge is 0.459 e. The predicted octanol–water partition coefficient (Wildman–Crippen LogP) is -0.323. The first kappa shape index (κ1) is 12.4. The summed E-state index contributed by atoms with van der Waals surface area (Å²) >= 11 is 0. The number of carbonyl (C=O) groups excluding carboxylic acids is 1. The van der Waals surface area contributed by atoms with Gasteiger partial charge in [-0.05, 0) is 20.8 Å². The van der Waals surface area contributed by atoms with E-state index in [2.05, 4.69) is 5.32 Å². The molecule has 1 aliphatic heterocycles. The van der Waals surface area contributed by atoms with E-state index in [0.717, 1.165) is 0 Å². The van der Waals surface area contributed by atoms with Crippen LogP contribution in [0.2, 0.25) is 0 Å². The molecule has 1 aliphatic rings. The molecule has 0 bridgehead atoms. The maximum atomic E-state index is 11.3. The molecule has 1 saturated heterocycles. The smallest absolute Gasteiger partial charge is 0.320 e. The fraction of sp³-hybridized carbons (Fsp3) is 0.900. The average Bonchev–Trinajstić information content (AvgIpc) is 2.44.